The summed E-state index contributed by atoms with van der Waals surface area (Å²) in [5.74, 6) is 0. The fourth-order valence-electron chi connectivity index (χ4n) is 1.01. The molecule has 14 heavy (non-hydrogen) atoms. The second kappa shape index (κ2) is 4.29. The first-order valence-corrected chi connectivity index (χ1v) is 6.21. The number of aromatic nitrogens is 1. The Morgan fingerprint density at radius 2 is 2.36 bits per heavy atom. The Hall–Kier alpha value is -0.580. The third kappa shape index (κ3) is 2.08. The number of ether oxygens (including phenoxy) is 1. The molecule has 0 fully saturated rings. The van der Waals surface area contributed by atoms with Crippen LogP contribution in [0.25, 0.3) is 10.6 Å². The van der Waals surface area contributed by atoms with Gasteiger partial charge in [0.1, 0.15) is 0 Å². The lowest BCUT2D eigenvalue weighted by atomic mass is 10.4. The fraction of sp³-hybridized carbons (Fsp3) is 0.222. The van der Waals surface area contributed by atoms with Crippen LogP contribution in [0.3, 0.4) is 0 Å². The number of halogens is 1. The van der Waals surface area contributed by atoms with Crippen molar-refractivity contribution in [2.45, 2.75) is 6.92 Å². The Labute approximate surface area is 95.1 Å². The lowest BCUT2D eigenvalue weighted by Crippen LogP contribution is -1.89. The predicted molar refractivity (Wildman–Crippen MR) is 61.6 cm³/mol. The van der Waals surface area contributed by atoms with Crippen molar-refractivity contribution in [2.24, 2.45) is 0 Å². The van der Waals surface area contributed by atoms with Crippen LogP contribution in [-0.4, -0.2) is 11.6 Å². The van der Waals surface area contributed by atoms with Gasteiger partial charge in [0.25, 0.3) is 5.19 Å². The smallest absolute Gasteiger partial charge is 0.273 e. The van der Waals surface area contributed by atoms with Crippen LogP contribution in [0, 0.1) is 0 Å². The van der Waals surface area contributed by atoms with Gasteiger partial charge in [-0.15, -0.1) is 11.3 Å². The Balaban J connectivity index is 2.24. The van der Waals surface area contributed by atoms with Gasteiger partial charge in [-0.3, -0.25) is 0 Å². The molecule has 0 N–H and O–H groups in total. The van der Waals surface area contributed by atoms with Crippen molar-refractivity contribution < 1.29 is 4.74 Å². The van der Waals surface area contributed by atoms with Crippen molar-refractivity contribution >= 4 is 34.3 Å². The second-order valence-electron chi connectivity index (χ2n) is 2.54. The summed E-state index contributed by atoms with van der Waals surface area (Å²) in [6, 6.07) is 3.85. The number of nitrogens with zero attached hydrogens (tertiary/aromatic N) is 1. The van der Waals surface area contributed by atoms with E-state index < -0.39 is 0 Å². The van der Waals surface area contributed by atoms with E-state index in [1.54, 1.807) is 0 Å². The molecule has 0 saturated carbocycles. The highest BCUT2D eigenvalue weighted by atomic mass is 35.5. The molecule has 2 aromatic heterocycles. The summed E-state index contributed by atoms with van der Waals surface area (Å²) in [6.45, 7) is 2.60. The minimum atomic E-state index is 0.651. The van der Waals surface area contributed by atoms with Crippen molar-refractivity contribution in [1.29, 1.82) is 0 Å². The third-order valence-corrected chi connectivity index (χ3v) is 3.58. The lowest BCUT2D eigenvalue weighted by Gasteiger charge is -1.93. The van der Waals surface area contributed by atoms with E-state index in [2.05, 4.69) is 4.98 Å². The third-order valence-electron chi connectivity index (χ3n) is 1.58. The zero-order valence-electron chi connectivity index (χ0n) is 7.49. The van der Waals surface area contributed by atoms with E-state index in [9.17, 15) is 0 Å². The van der Waals surface area contributed by atoms with E-state index in [4.69, 9.17) is 16.3 Å². The molecular formula is C9H8ClNOS2. The molecule has 2 aromatic rings. The highest BCUT2D eigenvalue weighted by Crippen LogP contribution is 2.33. The summed E-state index contributed by atoms with van der Waals surface area (Å²) in [4.78, 5) is 5.41. The summed E-state index contributed by atoms with van der Waals surface area (Å²) in [7, 11) is 0. The highest BCUT2D eigenvalue weighted by molar-refractivity contribution is 7.19. The van der Waals surface area contributed by atoms with Crippen molar-refractivity contribution in [3.63, 3.8) is 0 Å². The molecule has 0 spiro atoms. The van der Waals surface area contributed by atoms with Gasteiger partial charge in [-0.2, -0.15) is 0 Å². The number of thiophene rings is 1. The Bertz CT molecular complexity index is 424. The molecule has 0 amide bonds. The summed E-state index contributed by atoms with van der Waals surface area (Å²) >= 11 is 8.88. The molecule has 74 valence electrons. The molecule has 0 radical (unpaired) electrons. The average Bonchev–Trinajstić information content (AvgIpc) is 2.74. The molecule has 0 bridgehead atoms. The van der Waals surface area contributed by atoms with E-state index in [-0.39, 0.29) is 0 Å². The molecule has 0 aliphatic rings. The summed E-state index contributed by atoms with van der Waals surface area (Å²) in [5, 5.41) is 2.69. The minimum absolute atomic E-state index is 0.651. The van der Waals surface area contributed by atoms with Crippen LogP contribution < -0.4 is 4.74 Å². The van der Waals surface area contributed by atoms with Gasteiger partial charge in [0, 0.05) is 5.38 Å². The van der Waals surface area contributed by atoms with Gasteiger partial charge in [0.05, 0.1) is 21.5 Å². The first-order chi connectivity index (χ1) is 6.79. The molecule has 0 aliphatic carbocycles. The zero-order chi connectivity index (χ0) is 9.97. The highest BCUT2D eigenvalue weighted by Gasteiger charge is 2.06. The SMILES string of the molecule is CCOc1nc(-c2ccc(Cl)s2)cs1. The van der Waals surface area contributed by atoms with Gasteiger partial charge in [-0.1, -0.05) is 22.9 Å². The topological polar surface area (TPSA) is 22.1 Å². The molecule has 0 aromatic carbocycles. The number of hydrogen-bond acceptors (Lipinski definition) is 4. The van der Waals surface area contributed by atoms with Gasteiger partial charge in [-0.05, 0) is 19.1 Å². The normalized spacial score (nSPS) is 10.4. The minimum Gasteiger partial charge on any atom is -0.470 e. The van der Waals surface area contributed by atoms with E-state index in [0.717, 1.165) is 14.9 Å². The van der Waals surface area contributed by atoms with Gasteiger partial charge in [-0.25, -0.2) is 4.98 Å². The second-order valence-corrected chi connectivity index (χ2v) is 5.07. The van der Waals surface area contributed by atoms with Crippen LogP contribution in [0.2, 0.25) is 4.34 Å². The Morgan fingerprint density at radius 3 is 3.00 bits per heavy atom. The maximum absolute atomic E-state index is 5.84. The standard InChI is InChI=1S/C9H8ClNOS2/c1-2-12-9-11-6(5-13-9)7-3-4-8(10)14-7/h3-5H,2H2,1H3. The van der Waals surface area contributed by atoms with Gasteiger partial charge >= 0.3 is 0 Å². The number of rotatable bonds is 3. The van der Waals surface area contributed by atoms with Gasteiger partial charge in [0.15, 0.2) is 0 Å². The molecule has 2 heterocycles. The molecule has 0 aliphatic heterocycles. The fourth-order valence-corrected chi connectivity index (χ4v) is 2.82. The monoisotopic (exact) mass is 245 g/mol. The van der Waals surface area contributed by atoms with Crippen molar-refractivity contribution in [3.8, 4) is 15.8 Å². The number of hydrogen-bond donors (Lipinski definition) is 0. The molecule has 0 atom stereocenters. The molecular weight excluding hydrogens is 238 g/mol. The predicted octanol–water partition coefficient (Wildman–Crippen LogP) is 3.92. The largest absolute Gasteiger partial charge is 0.470 e. The number of thiazole rings is 1. The van der Waals surface area contributed by atoms with Crippen LogP contribution in [0.5, 0.6) is 5.19 Å². The van der Waals surface area contributed by atoms with Crippen molar-refractivity contribution in [3.05, 3.63) is 21.8 Å². The van der Waals surface area contributed by atoms with E-state index in [1.165, 1.54) is 22.7 Å². The molecule has 5 heteroatoms. The van der Waals surface area contributed by atoms with Gasteiger partial charge in [0.2, 0.25) is 0 Å². The van der Waals surface area contributed by atoms with Crippen LogP contribution in [0.15, 0.2) is 17.5 Å². The average molecular weight is 246 g/mol. The lowest BCUT2D eigenvalue weighted by molar-refractivity contribution is 0.338. The quantitative estimate of drug-likeness (QED) is 0.818. The van der Waals surface area contributed by atoms with E-state index in [1.807, 2.05) is 24.4 Å². The van der Waals surface area contributed by atoms with Crippen LogP contribution >= 0.6 is 34.3 Å². The maximum Gasteiger partial charge on any atom is 0.273 e. The van der Waals surface area contributed by atoms with Crippen LogP contribution in [0.4, 0.5) is 0 Å². The molecule has 0 saturated heterocycles. The summed E-state index contributed by atoms with van der Waals surface area (Å²) < 4.78 is 6.08. The first-order valence-electron chi connectivity index (χ1n) is 4.13. The van der Waals surface area contributed by atoms with E-state index >= 15 is 0 Å². The maximum atomic E-state index is 5.84. The summed E-state index contributed by atoms with van der Waals surface area (Å²) in [5.41, 5.74) is 0.940. The Kier molecular flexibility index (Phi) is 3.05. The first kappa shape index (κ1) is 9.96. The Morgan fingerprint density at radius 1 is 1.50 bits per heavy atom. The van der Waals surface area contributed by atoms with E-state index in [0.29, 0.717) is 11.8 Å². The van der Waals surface area contributed by atoms with Crippen molar-refractivity contribution in [1.82, 2.24) is 4.98 Å². The molecule has 0 unspecified atom stereocenters. The summed E-state index contributed by atoms with van der Waals surface area (Å²) in [6.07, 6.45) is 0. The van der Waals surface area contributed by atoms with Crippen LogP contribution in [0.1, 0.15) is 6.92 Å². The van der Waals surface area contributed by atoms with Gasteiger partial charge < -0.3 is 4.74 Å². The molecule has 2 rings (SSSR count). The zero-order valence-corrected chi connectivity index (χ0v) is 9.88. The van der Waals surface area contributed by atoms with Crippen LogP contribution in [-0.2, 0) is 0 Å². The molecule has 2 nitrogen and oxygen atoms in total. The van der Waals surface area contributed by atoms with Crippen molar-refractivity contribution in [2.75, 3.05) is 6.61 Å².